The largest absolute Gasteiger partial charge is 0.368 e. The van der Waals surface area contributed by atoms with Crippen molar-refractivity contribution in [2.45, 2.75) is 153 Å². The highest BCUT2D eigenvalue weighted by molar-refractivity contribution is 5.70. The average Bonchev–Trinajstić information content (AvgIpc) is 3.89. The third-order valence-electron chi connectivity index (χ3n) is 10.1. The molecule has 0 spiro atoms. The molecule has 284 valence electrons. The number of benzene rings is 2. The molecule has 0 unspecified atom stereocenters. The van der Waals surface area contributed by atoms with Gasteiger partial charge in [0.1, 0.15) is 48.8 Å². The Morgan fingerprint density at radius 1 is 0.538 bits per heavy atom. The van der Waals surface area contributed by atoms with E-state index in [4.69, 9.17) is 56.8 Å². The highest BCUT2D eigenvalue weighted by atomic mass is 16.9. The lowest BCUT2D eigenvalue weighted by molar-refractivity contribution is -0.236. The van der Waals surface area contributed by atoms with Crippen LogP contribution in [-0.2, 0) is 70.1 Å². The van der Waals surface area contributed by atoms with Crippen molar-refractivity contribution in [3.8, 4) is 0 Å². The van der Waals surface area contributed by atoms with Gasteiger partial charge in [0.25, 0.3) is 0 Å². The van der Waals surface area contributed by atoms with Crippen molar-refractivity contribution in [3.05, 3.63) is 70.8 Å². The van der Waals surface area contributed by atoms with E-state index in [1.54, 1.807) is 0 Å². The first-order chi connectivity index (χ1) is 24.6. The standard InChI is InChI=1S/C40H52O12/c1-37(2)43-21-27(47-37)29-31(33-35(45-29)51-39(5,6)49-33)41-19-25-13-9-11-23(17-25)15-16-24-12-10-14-26(18-24)20-42-32-30(28-22-44-38(3,4)48-28)46-36-34(32)50-40(7,8)52-36/h9-18,27-36H,19-22H2,1-8H3/b16-15+/t27-,28-,29-,30-,31+,32+,33-,34-,35-,36-/m1/s1. The van der Waals surface area contributed by atoms with E-state index in [1.165, 1.54) is 0 Å². The maximum absolute atomic E-state index is 6.54. The molecule has 52 heavy (non-hydrogen) atoms. The summed E-state index contributed by atoms with van der Waals surface area (Å²) in [4.78, 5) is 0. The smallest absolute Gasteiger partial charge is 0.190 e. The van der Waals surface area contributed by atoms with Gasteiger partial charge in [-0.05, 0) is 89.8 Å². The quantitative estimate of drug-likeness (QED) is 0.281. The number of fused-ring (bicyclic) bond motifs is 2. The molecule has 2 aromatic carbocycles. The Morgan fingerprint density at radius 2 is 0.962 bits per heavy atom. The van der Waals surface area contributed by atoms with Crippen LogP contribution in [-0.4, -0.2) is 97.8 Å². The summed E-state index contributed by atoms with van der Waals surface area (Å²) in [5, 5.41) is 0. The maximum atomic E-state index is 6.54. The predicted octanol–water partition coefficient (Wildman–Crippen LogP) is 5.68. The van der Waals surface area contributed by atoms with Crippen molar-refractivity contribution in [3.63, 3.8) is 0 Å². The van der Waals surface area contributed by atoms with Crippen molar-refractivity contribution in [2.24, 2.45) is 0 Å². The molecule has 6 heterocycles. The van der Waals surface area contributed by atoms with Crippen molar-refractivity contribution >= 4 is 12.2 Å². The van der Waals surface area contributed by atoms with E-state index < -0.39 is 35.7 Å². The molecule has 0 aromatic heterocycles. The molecule has 0 N–H and O–H groups in total. The summed E-state index contributed by atoms with van der Waals surface area (Å²) in [6.07, 6.45) is 0.263. The summed E-state index contributed by atoms with van der Waals surface area (Å²) in [5.74, 6) is -2.88. The van der Waals surface area contributed by atoms with Crippen LogP contribution in [0.3, 0.4) is 0 Å². The fraction of sp³-hybridized carbons (Fsp3) is 0.650. The van der Waals surface area contributed by atoms with E-state index in [0.29, 0.717) is 26.4 Å². The third-order valence-corrected chi connectivity index (χ3v) is 10.1. The molecule has 12 nitrogen and oxygen atoms in total. The Labute approximate surface area is 305 Å². The Bertz CT molecular complexity index is 1500. The van der Waals surface area contributed by atoms with Crippen LogP contribution in [0, 0.1) is 0 Å². The second kappa shape index (κ2) is 13.8. The number of hydrogen-bond acceptors (Lipinski definition) is 12. The molecule has 6 saturated heterocycles. The van der Waals surface area contributed by atoms with Gasteiger partial charge in [-0.3, -0.25) is 0 Å². The maximum Gasteiger partial charge on any atom is 0.190 e. The molecule has 6 fully saturated rings. The Balaban J connectivity index is 0.905. The first-order valence-corrected chi connectivity index (χ1v) is 18.4. The summed E-state index contributed by atoms with van der Waals surface area (Å²) < 4.78 is 74.2. The minimum atomic E-state index is -0.757. The molecule has 10 atom stereocenters. The molecule has 0 saturated carbocycles. The molecular formula is C40H52O12. The van der Waals surface area contributed by atoms with Crippen molar-refractivity contribution in [1.29, 1.82) is 0 Å². The van der Waals surface area contributed by atoms with Gasteiger partial charge >= 0.3 is 0 Å². The van der Waals surface area contributed by atoms with Gasteiger partial charge in [0.2, 0.25) is 0 Å². The number of rotatable bonds is 10. The Morgan fingerprint density at radius 3 is 1.35 bits per heavy atom. The summed E-state index contributed by atoms with van der Waals surface area (Å²) in [7, 11) is 0. The molecule has 0 amide bonds. The van der Waals surface area contributed by atoms with Gasteiger partial charge in [-0.25, -0.2) is 0 Å². The van der Waals surface area contributed by atoms with Crippen molar-refractivity contribution in [1.82, 2.24) is 0 Å². The van der Waals surface area contributed by atoms with E-state index >= 15 is 0 Å². The first-order valence-electron chi connectivity index (χ1n) is 18.4. The van der Waals surface area contributed by atoms with Crippen LogP contribution in [0.5, 0.6) is 0 Å². The molecule has 0 bridgehead atoms. The molecule has 0 aliphatic carbocycles. The summed E-state index contributed by atoms with van der Waals surface area (Å²) >= 11 is 0. The van der Waals surface area contributed by atoms with Gasteiger partial charge in [-0.15, -0.1) is 0 Å². The van der Waals surface area contributed by atoms with Crippen LogP contribution in [0.1, 0.15) is 77.6 Å². The lowest BCUT2D eigenvalue weighted by atomic mass is 10.0. The average molecular weight is 725 g/mol. The molecule has 12 heteroatoms. The van der Waals surface area contributed by atoms with Gasteiger partial charge in [-0.2, -0.15) is 0 Å². The fourth-order valence-electron chi connectivity index (χ4n) is 7.89. The van der Waals surface area contributed by atoms with Crippen LogP contribution in [0.25, 0.3) is 12.2 Å². The monoisotopic (exact) mass is 724 g/mol. The third kappa shape index (κ3) is 7.91. The topological polar surface area (TPSA) is 111 Å². The zero-order valence-electron chi connectivity index (χ0n) is 31.3. The van der Waals surface area contributed by atoms with Crippen LogP contribution in [0.2, 0.25) is 0 Å². The minimum Gasteiger partial charge on any atom is -0.368 e. The van der Waals surface area contributed by atoms with Crippen molar-refractivity contribution in [2.75, 3.05) is 13.2 Å². The molecule has 8 rings (SSSR count). The van der Waals surface area contributed by atoms with Crippen LogP contribution in [0.15, 0.2) is 48.5 Å². The molecule has 6 aliphatic rings. The zero-order valence-corrected chi connectivity index (χ0v) is 31.3. The van der Waals surface area contributed by atoms with E-state index in [9.17, 15) is 0 Å². The molecular weight excluding hydrogens is 672 g/mol. The van der Waals surface area contributed by atoms with E-state index in [-0.39, 0.29) is 48.8 Å². The SMILES string of the molecule is CC1(C)O[C@H]2O[C@H]([C@H]3COC(C)(C)O3)[C@H](OCc3cccc(/C=C/c4cccc(CO[C@@H]5[C@H]6OC(C)(C)O[C@H]6O[C@@H]5[C@H]5COC(C)(C)O5)c4)c3)[C@H]2O1. The molecule has 6 aliphatic heterocycles. The Kier molecular flexibility index (Phi) is 9.71. The lowest BCUT2D eigenvalue weighted by Gasteiger charge is -2.29. The normalized spacial score (nSPS) is 38.3. The van der Waals surface area contributed by atoms with Gasteiger partial charge in [0.05, 0.1) is 26.4 Å². The fourth-order valence-corrected chi connectivity index (χ4v) is 7.89. The zero-order chi connectivity index (χ0) is 36.5. The second-order valence-corrected chi connectivity index (χ2v) is 16.2. The molecule has 2 aromatic rings. The summed E-state index contributed by atoms with van der Waals surface area (Å²) in [6.45, 7) is 16.7. The number of hydrogen-bond donors (Lipinski definition) is 0. The number of ether oxygens (including phenoxy) is 12. The van der Waals surface area contributed by atoms with Gasteiger partial charge < -0.3 is 56.8 Å². The van der Waals surface area contributed by atoms with Crippen molar-refractivity contribution < 1.29 is 56.8 Å². The Hall–Kier alpha value is -2.30. The van der Waals surface area contributed by atoms with Crippen LogP contribution in [0.4, 0.5) is 0 Å². The van der Waals surface area contributed by atoms with Crippen LogP contribution < -0.4 is 0 Å². The first kappa shape index (κ1) is 36.7. The minimum absolute atomic E-state index is 0.290. The van der Waals surface area contributed by atoms with E-state index in [0.717, 1.165) is 22.3 Å². The molecule has 0 radical (unpaired) electrons. The lowest BCUT2D eigenvalue weighted by Crippen LogP contribution is -2.44. The summed E-state index contributed by atoms with van der Waals surface area (Å²) in [6, 6.07) is 16.6. The predicted molar refractivity (Wildman–Crippen MR) is 186 cm³/mol. The highest BCUT2D eigenvalue weighted by Gasteiger charge is 2.60. The van der Waals surface area contributed by atoms with Gasteiger partial charge in [0, 0.05) is 0 Å². The second-order valence-electron chi connectivity index (χ2n) is 16.2. The van der Waals surface area contributed by atoms with E-state index in [2.05, 4.69) is 48.6 Å². The van der Waals surface area contributed by atoms with E-state index in [1.807, 2.05) is 67.5 Å². The van der Waals surface area contributed by atoms with Gasteiger partial charge in [0.15, 0.2) is 35.7 Å². The highest BCUT2D eigenvalue weighted by Crippen LogP contribution is 2.44. The van der Waals surface area contributed by atoms with Crippen LogP contribution >= 0.6 is 0 Å². The summed E-state index contributed by atoms with van der Waals surface area (Å²) in [5.41, 5.74) is 4.16. The van der Waals surface area contributed by atoms with Gasteiger partial charge in [-0.1, -0.05) is 48.6 Å².